The molecule has 0 aromatic heterocycles. The fourth-order valence-electron chi connectivity index (χ4n) is 2.12. The third-order valence-corrected chi connectivity index (χ3v) is 3.84. The molecule has 0 fully saturated rings. The van der Waals surface area contributed by atoms with Gasteiger partial charge in [-0.2, -0.15) is 5.26 Å². The molecule has 4 heteroatoms. The van der Waals surface area contributed by atoms with Gasteiger partial charge in [0.2, 0.25) is 0 Å². The van der Waals surface area contributed by atoms with Crippen molar-refractivity contribution >= 4 is 15.9 Å². The van der Waals surface area contributed by atoms with Gasteiger partial charge in [-0.05, 0) is 42.3 Å². The Morgan fingerprint density at radius 1 is 1.29 bits per heavy atom. The van der Waals surface area contributed by atoms with Crippen molar-refractivity contribution in [2.24, 2.45) is 0 Å². The number of rotatable bonds is 5. The third kappa shape index (κ3) is 4.07. The van der Waals surface area contributed by atoms with Gasteiger partial charge in [-0.25, -0.2) is 0 Å². The standard InChI is InChI=1S/C17H17BrN2O/c1-12(14-4-3-5-16(18)9-14)20-11-13-6-7-17(21-2)15(8-13)10-19/h3-9,12,20H,11H2,1-2H3/t12-/m1/s1. The van der Waals surface area contributed by atoms with Crippen molar-refractivity contribution in [3.8, 4) is 11.8 Å². The monoisotopic (exact) mass is 344 g/mol. The number of nitrogens with zero attached hydrogens (tertiary/aromatic N) is 1. The topological polar surface area (TPSA) is 45.0 Å². The lowest BCUT2D eigenvalue weighted by molar-refractivity contribution is 0.413. The molecule has 0 aliphatic heterocycles. The fourth-order valence-corrected chi connectivity index (χ4v) is 2.53. The van der Waals surface area contributed by atoms with Crippen molar-refractivity contribution in [2.75, 3.05) is 7.11 Å². The highest BCUT2D eigenvalue weighted by Crippen LogP contribution is 2.21. The maximum atomic E-state index is 9.10. The van der Waals surface area contributed by atoms with Crippen molar-refractivity contribution in [2.45, 2.75) is 19.5 Å². The smallest absolute Gasteiger partial charge is 0.136 e. The molecule has 0 saturated carbocycles. The number of nitrogens with one attached hydrogen (secondary N) is 1. The van der Waals surface area contributed by atoms with Crippen LogP contribution in [-0.2, 0) is 6.54 Å². The highest BCUT2D eigenvalue weighted by Gasteiger charge is 2.07. The molecule has 2 aromatic rings. The molecule has 1 N–H and O–H groups in total. The lowest BCUT2D eigenvalue weighted by atomic mass is 10.1. The highest BCUT2D eigenvalue weighted by molar-refractivity contribution is 9.10. The Labute approximate surface area is 133 Å². The molecule has 0 bridgehead atoms. The minimum absolute atomic E-state index is 0.232. The van der Waals surface area contributed by atoms with Crippen LogP contribution >= 0.6 is 15.9 Å². The van der Waals surface area contributed by atoms with Crippen LogP contribution in [0.25, 0.3) is 0 Å². The first-order valence-corrected chi connectivity index (χ1v) is 7.49. The van der Waals surface area contributed by atoms with Crippen molar-refractivity contribution in [1.29, 1.82) is 5.26 Å². The molecule has 0 aliphatic rings. The maximum Gasteiger partial charge on any atom is 0.136 e. The van der Waals surface area contributed by atoms with Crippen LogP contribution in [0, 0.1) is 11.3 Å². The average Bonchev–Trinajstić information content (AvgIpc) is 2.52. The SMILES string of the molecule is COc1ccc(CN[C@H](C)c2cccc(Br)c2)cc1C#N. The van der Waals surface area contributed by atoms with E-state index in [0.717, 1.165) is 10.0 Å². The zero-order valence-corrected chi connectivity index (χ0v) is 13.6. The van der Waals surface area contributed by atoms with Crippen LogP contribution in [0.3, 0.4) is 0 Å². The van der Waals surface area contributed by atoms with E-state index >= 15 is 0 Å². The zero-order chi connectivity index (χ0) is 15.2. The van der Waals surface area contributed by atoms with Gasteiger partial charge in [0.15, 0.2) is 0 Å². The first-order valence-electron chi connectivity index (χ1n) is 6.70. The van der Waals surface area contributed by atoms with Crippen LogP contribution in [0.1, 0.15) is 29.7 Å². The van der Waals surface area contributed by atoms with E-state index in [9.17, 15) is 0 Å². The van der Waals surface area contributed by atoms with Gasteiger partial charge in [-0.3, -0.25) is 0 Å². The minimum Gasteiger partial charge on any atom is -0.495 e. The molecule has 0 heterocycles. The van der Waals surface area contributed by atoms with E-state index < -0.39 is 0 Å². The summed E-state index contributed by atoms with van der Waals surface area (Å²) in [6.07, 6.45) is 0. The van der Waals surface area contributed by atoms with Gasteiger partial charge in [0, 0.05) is 17.1 Å². The van der Waals surface area contributed by atoms with Crippen molar-refractivity contribution in [3.63, 3.8) is 0 Å². The third-order valence-electron chi connectivity index (χ3n) is 3.35. The molecule has 2 rings (SSSR count). The van der Waals surface area contributed by atoms with Gasteiger partial charge in [-0.15, -0.1) is 0 Å². The van der Waals surface area contributed by atoms with Crippen LogP contribution in [0.4, 0.5) is 0 Å². The Balaban J connectivity index is 2.05. The summed E-state index contributed by atoms with van der Waals surface area (Å²) in [7, 11) is 1.57. The normalized spacial score (nSPS) is 11.7. The quantitative estimate of drug-likeness (QED) is 0.884. The first-order chi connectivity index (χ1) is 10.1. The molecule has 21 heavy (non-hydrogen) atoms. The molecular formula is C17H17BrN2O. The minimum atomic E-state index is 0.232. The van der Waals surface area contributed by atoms with Crippen molar-refractivity contribution in [1.82, 2.24) is 5.32 Å². The predicted octanol–water partition coefficient (Wildman–Crippen LogP) is 4.18. The lowest BCUT2D eigenvalue weighted by Gasteiger charge is -2.15. The van der Waals surface area contributed by atoms with Crippen LogP contribution < -0.4 is 10.1 Å². The lowest BCUT2D eigenvalue weighted by Crippen LogP contribution is -2.18. The molecule has 0 aliphatic carbocycles. The number of benzene rings is 2. The second-order valence-electron chi connectivity index (χ2n) is 4.80. The second kappa shape index (κ2) is 7.26. The number of hydrogen-bond acceptors (Lipinski definition) is 3. The molecule has 0 unspecified atom stereocenters. The molecule has 108 valence electrons. The molecule has 0 amide bonds. The first kappa shape index (κ1) is 15.6. The Morgan fingerprint density at radius 3 is 2.76 bits per heavy atom. The summed E-state index contributed by atoms with van der Waals surface area (Å²) in [5.74, 6) is 0.612. The van der Waals surface area contributed by atoms with E-state index in [2.05, 4.69) is 46.4 Å². The van der Waals surface area contributed by atoms with Crippen LogP contribution in [0.15, 0.2) is 46.9 Å². The summed E-state index contributed by atoms with van der Waals surface area (Å²) in [4.78, 5) is 0. The predicted molar refractivity (Wildman–Crippen MR) is 87.1 cm³/mol. The van der Waals surface area contributed by atoms with Crippen molar-refractivity contribution < 1.29 is 4.74 Å². The summed E-state index contributed by atoms with van der Waals surface area (Å²) in [5, 5.41) is 12.6. The van der Waals surface area contributed by atoms with Gasteiger partial charge < -0.3 is 10.1 Å². The Hall–Kier alpha value is -1.83. The molecule has 1 atom stereocenters. The van der Waals surface area contributed by atoms with Gasteiger partial charge in [0.1, 0.15) is 11.8 Å². The summed E-state index contributed by atoms with van der Waals surface area (Å²) < 4.78 is 6.23. The summed E-state index contributed by atoms with van der Waals surface area (Å²) >= 11 is 3.48. The molecular weight excluding hydrogens is 328 g/mol. The largest absolute Gasteiger partial charge is 0.495 e. The molecule has 2 aromatic carbocycles. The van der Waals surface area contributed by atoms with E-state index in [0.29, 0.717) is 17.9 Å². The van der Waals surface area contributed by atoms with E-state index in [1.807, 2.05) is 30.3 Å². The molecule has 0 spiro atoms. The van der Waals surface area contributed by atoms with Crippen LogP contribution in [-0.4, -0.2) is 7.11 Å². The van der Waals surface area contributed by atoms with E-state index in [4.69, 9.17) is 10.00 Å². The second-order valence-corrected chi connectivity index (χ2v) is 5.72. The van der Waals surface area contributed by atoms with Gasteiger partial charge in [0.05, 0.1) is 12.7 Å². The maximum absolute atomic E-state index is 9.10. The zero-order valence-electron chi connectivity index (χ0n) is 12.1. The number of halogens is 1. The Kier molecular flexibility index (Phi) is 5.38. The summed E-state index contributed by atoms with van der Waals surface area (Å²) in [5.41, 5.74) is 2.85. The van der Waals surface area contributed by atoms with Crippen molar-refractivity contribution in [3.05, 3.63) is 63.6 Å². The fraction of sp³-hybridized carbons (Fsp3) is 0.235. The molecule has 0 saturated heterocycles. The molecule has 0 radical (unpaired) electrons. The molecule has 3 nitrogen and oxygen atoms in total. The van der Waals surface area contributed by atoms with E-state index in [-0.39, 0.29) is 6.04 Å². The number of ether oxygens (including phenoxy) is 1. The number of hydrogen-bond donors (Lipinski definition) is 1. The Morgan fingerprint density at radius 2 is 2.10 bits per heavy atom. The van der Waals surface area contributed by atoms with Crippen LogP contribution in [0.5, 0.6) is 5.75 Å². The van der Waals surface area contributed by atoms with Gasteiger partial charge >= 0.3 is 0 Å². The van der Waals surface area contributed by atoms with Crippen LogP contribution in [0.2, 0.25) is 0 Å². The van der Waals surface area contributed by atoms with E-state index in [1.165, 1.54) is 5.56 Å². The number of nitriles is 1. The number of methoxy groups -OCH3 is 1. The average molecular weight is 345 g/mol. The summed E-state index contributed by atoms with van der Waals surface area (Å²) in [6.45, 7) is 2.82. The highest BCUT2D eigenvalue weighted by atomic mass is 79.9. The Bertz CT molecular complexity index is 664. The summed E-state index contributed by atoms with van der Waals surface area (Å²) in [6, 6.07) is 16.3. The van der Waals surface area contributed by atoms with E-state index in [1.54, 1.807) is 7.11 Å². The van der Waals surface area contributed by atoms with Gasteiger partial charge in [-0.1, -0.05) is 34.1 Å². The van der Waals surface area contributed by atoms with Gasteiger partial charge in [0.25, 0.3) is 0 Å².